The van der Waals surface area contributed by atoms with E-state index in [4.69, 9.17) is 0 Å². The minimum Gasteiger partial charge on any atom is -0.144 e. The molecule has 0 amide bonds. The summed E-state index contributed by atoms with van der Waals surface area (Å²) in [7, 11) is 0. The van der Waals surface area contributed by atoms with Crippen molar-refractivity contribution in [2.24, 2.45) is 0 Å². The molecule has 0 aliphatic rings. The number of thiophene rings is 2. The Morgan fingerprint density at radius 2 is 1.28 bits per heavy atom. The maximum atomic E-state index is 2.89. The summed E-state index contributed by atoms with van der Waals surface area (Å²) in [5.74, 6) is 11.4. The second kappa shape index (κ2) is 7.35. The van der Waals surface area contributed by atoms with Crippen LogP contribution >= 0.6 is 22.7 Å². The first-order valence-corrected chi connectivity index (χ1v) is 7.12. The predicted molar refractivity (Wildman–Crippen MR) is 82.3 cm³/mol. The van der Waals surface area contributed by atoms with Crippen LogP contribution in [0.1, 0.15) is 9.75 Å². The molecule has 2 aromatic rings. The SMILES string of the molecule is C(C#C/C=C/c1cccs1)#C/C=C/c1cccs1. The zero-order valence-corrected chi connectivity index (χ0v) is 11.2. The van der Waals surface area contributed by atoms with E-state index in [9.17, 15) is 0 Å². The van der Waals surface area contributed by atoms with Gasteiger partial charge in [-0.3, -0.25) is 0 Å². The average molecular weight is 266 g/mol. The second-order valence-electron chi connectivity index (χ2n) is 3.24. The van der Waals surface area contributed by atoms with Gasteiger partial charge in [0.05, 0.1) is 0 Å². The molecule has 2 heterocycles. The van der Waals surface area contributed by atoms with E-state index in [2.05, 4.69) is 35.8 Å². The lowest BCUT2D eigenvalue weighted by atomic mass is 10.4. The highest BCUT2D eigenvalue weighted by molar-refractivity contribution is 7.11. The van der Waals surface area contributed by atoms with Gasteiger partial charge in [-0.15, -0.1) is 22.7 Å². The van der Waals surface area contributed by atoms with Crippen LogP contribution in [0, 0.1) is 23.7 Å². The summed E-state index contributed by atoms with van der Waals surface area (Å²) >= 11 is 3.39. The number of rotatable bonds is 2. The molecule has 0 nitrogen and oxygen atoms in total. The van der Waals surface area contributed by atoms with Gasteiger partial charge in [-0.2, -0.15) is 0 Å². The maximum Gasteiger partial charge on any atom is 0.0276 e. The molecule has 2 heteroatoms. The first kappa shape index (κ1) is 12.5. The molecule has 0 spiro atoms. The Balaban J connectivity index is 1.82. The van der Waals surface area contributed by atoms with Gasteiger partial charge in [0, 0.05) is 9.75 Å². The Morgan fingerprint density at radius 1 is 0.778 bits per heavy atom. The van der Waals surface area contributed by atoms with Crippen LogP contribution in [0.2, 0.25) is 0 Å². The Kier molecular flexibility index (Phi) is 5.09. The zero-order chi connectivity index (χ0) is 12.5. The smallest absolute Gasteiger partial charge is 0.0276 e. The van der Waals surface area contributed by atoms with E-state index in [1.54, 1.807) is 22.7 Å². The van der Waals surface area contributed by atoms with Crippen LogP contribution < -0.4 is 0 Å². The molecule has 0 bridgehead atoms. The van der Waals surface area contributed by atoms with Gasteiger partial charge in [0.15, 0.2) is 0 Å². The molecule has 0 saturated carbocycles. The van der Waals surface area contributed by atoms with Crippen molar-refractivity contribution in [1.29, 1.82) is 0 Å². The molecule has 86 valence electrons. The fourth-order valence-electron chi connectivity index (χ4n) is 1.18. The van der Waals surface area contributed by atoms with Crippen molar-refractivity contribution in [3.05, 3.63) is 56.9 Å². The van der Waals surface area contributed by atoms with E-state index < -0.39 is 0 Å². The van der Waals surface area contributed by atoms with E-state index in [1.165, 1.54) is 9.75 Å². The third kappa shape index (κ3) is 4.47. The van der Waals surface area contributed by atoms with Gasteiger partial charge < -0.3 is 0 Å². The summed E-state index contributed by atoms with van der Waals surface area (Å²) < 4.78 is 0. The molecule has 2 rings (SSSR count). The second-order valence-corrected chi connectivity index (χ2v) is 5.19. The molecular formula is C16H10S2. The van der Waals surface area contributed by atoms with Crippen LogP contribution in [0.5, 0.6) is 0 Å². The third-order valence-corrected chi connectivity index (χ3v) is 3.63. The Bertz CT molecular complexity index is 573. The molecular weight excluding hydrogens is 256 g/mol. The van der Waals surface area contributed by atoms with Crippen LogP contribution in [0.25, 0.3) is 12.2 Å². The van der Waals surface area contributed by atoms with Crippen LogP contribution in [-0.4, -0.2) is 0 Å². The molecule has 0 saturated heterocycles. The molecule has 0 radical (unpaired) electrons. The summed E-state index contributed by atoms with van der Waals surface area (Å²) in [5, 5.41) is 4.09. The largest absolute Gasteiger partial charge is 0.144 e. The number of hydrogen-bond acceptors (Lipinski definition) is 2. The van der Waals surface area contributed by atoms with E-state index in [1.807, 2.05) is 47.2 Å². The first-order chi connectivity index (χ1) is 8.95. The Hall–Kier alpha value is -2.00. The molecule has 0 N–H and O–H groups in total. The van der Waals surface area contributed by atoms with E-state index >= 15 is 0 Å². The fourth-order valence-corrected chi connectivity index (χ4v) is 2.41. The van der Waals surface area contributed by atoms with E-state index in [0.717, 1.165) is 0 Å². The molecule has 0 fully saturated rings. The van der Waals surface area contributed by atoms with Crippen molar-refractivity contribution in [1.82, 2.24) is 0 Å². The quantitative estimate of drug-likeness (QED) is 0.700. The van der Waals surface area contributed by atoms with Crippen molar-refractivity contribution in [2.75, 3.05) is 0 Å². The highest BCUT2D eigenvalue weighted by Gasteiger charge is 1.82. The van der Waals surface area contributed by atoms with Crippen LogP contribution in [-0.2, 0) is 0 Å². The Labute approximate surface area is 115 Å². The topological polar surface area (TPSA) is 0 Å². The molecule has 0 aliphatic carbocycles. The highest BCUT2D eigenvalue weighted by Crippen LogP contribution is 2.10. The molecule has 0 unspecified atom stereocenters. The summed E-state index contributed by atoms with van der Waals surface area (Å²) in [4.78, 5) is 2.41. The monoisotopic (exact) mass is 266 g/mol. The molecule has 0 atom stereocenters. The van der Waals surface area contributed by atoms with Gasteiger partial charge in [-0.25, -0.2) is 0 Å². The van der Waals surface area contributed by atoms with Crippen LogP contribution in [0.4, 0.5) is 0 Å². The van der Waals surface area contributed by atoms with Crippen LogP contribution in [0.3, 0.4) is 0 Å². The van der Waals surface area contributed by atoms with Crippen molar-refractivity contribution in [2.45, 2.75) is 0 Å². The van der Waals surface area contributed by atoms with Gasteiger partial charge in [0.2, 0.25) is 0 Å². The van der Waals surface area contributed by atoms with Crippen molar-refractivity contribution >= 4 is 34.8 Å². The fraction of sp³-hybridized carbons (Fsp3) is 0. The molecule has 18 heavy (non-hydrogen) atoms. The van der Waals surface area contributed by atoms with Gasteiger partial charge in [-0.1, -0.05) is 24.0 Å². The zero-order valence-electron chi connectivity index (χ0n) is 9.59. The molecule has 0 aromatic carbocycles. The van der Waals surface area contributed by atoms with Gasteiger partial charge in [0.25, 0.3) is 0 Å². The van der Waals surface area contributed by atoms with Crippen molar-refractivity contribution in [3.8, 4) is 23.7 Å². The minimum atomic E-state index is 1.20. The summed E-state index contributed by atoms with van der Waals surface area (Å²) in [6.45, 7) is 0. The normalized spacial score (nSPS) is 10.0. The summed E-state index contributed by atoms with van der Waals surface area (Å²) in [5.41, 5.74) is 0. The standard InChI is InChI=1S/C16H10S2/c1(3-5-9-15-11-7-13-17-15)2-4-6-10-16-12-8-14-18-16/h5-14H/b9-5+,10-6+. The third-order valence-electron chi connectivity index (χ3n) is 1.96. The lowest BCUT2D eigenvalue weighted by Crippen LogP contribution is -1.57. The summed E-state index contributed by atoms with van der Waals surface area (Å²) in [6.07, 6.45) is 7.62. The first-order valence-electron chi connectivity index (χ1n) is 5.36. The number of hydrogen-bond donors (Lipinski definition) is 0. The predicted octanol–water partition coefficient (Wildman–Crippen LogP) is 4.54. The summed E-state index contributed by atoms with van der Waals surface area (Å²) in [6, 6.07) is 8.15. The molecule has 2 aromatic heterocycles. The lowest BCUT2D eigenvalue weighted by molar-refractivity contribution is 1.95. The Morgan fingerprint density at radius 3 is 1.67 bits per heavy atom. The highest BCUT2D eigenvalue weighted by atomic mass is 32.1. The van der Waals surface area contributed by atoms with Crippen molar-refractivity contribution < 1.29 is 0 Å². The maximum absolute atomic E-state index is 2.89. The van der Waals surface area contributed by atoms with Gasteiger partial charge in [-0.05, 0) is 59.0 Å². The average Bonchev–Trinajstić information content (AvgIpc) is 3.05. The molecule has 0 aliphatic heterocycles. The minimum absolute atomic E-state index is 1.20. The van der Waals surface area contributed by atoms with E-state index in [0.29, 0.717) is 0 Å². The lowest BCUT2D eigenvalue weighted by Gasteiger charge is -1.76. The van der Waals surface area contributed by atoms with Crippen LogP contribution in [0.15, 0.2) is 47.2 Å². The van der Waals surface area contributed by atoms with Gasteiger partial charge >= 0.3 is 0 Å². The van der Waals surface area contributed by atoms with Gasteiger partial charge in [0.1, 0.15) is 0 Å². The van der Waals surface area contributed by atoms with Crippen molar-refractivity contribution in [3.63, 3.8) is 0 Å². The number of allylic oxidation sites excluding steroid dienone is 2. The van der Waals surface area contributed by atoms with E-state index in [-0.39, 0.29) is 0 Å².